The summed E-state index contributed by atoms with van der Waals surface area (Å²) in [6.07, 6.45) is 0. The Hall–Kier alpha value is -3.51. The van der Waals surface area contributed by atoms with Gasteiger partial charge in [0.15, 0.2) is 0 Å². The van der Waals surface area contributed by atoms with Gasteiger partial charge in [0, 0.05) is 16.8 Å². The summed E-state index contributed by atoms with van der Waals surface area (Å²) < 4.78 is 10.4. The highest BCUT2D eigenvalue weighted by molar-refractivity contribution is 6.30. The van der Waals surface area contributed by atoms with Crippen LogP contribution in [-0.2, 0) is 0 Å². The second-order valence-electron chi connectivity index (χ2n) is 6.03. The lowest BCUT2D eigenvalue weighted by Gasteiger charge is -2.13. The Morgan fingerprint density at radius 3 is 2.17 bits per heavy atom. The number of benzene rings is 3. The summed E-state index contributed by atoms with van der Waals surface area (Å²) in [6.45, 7) is 0. The summed E-state index contributed by atoms with van der Waals surface area (Å²) in [5, 5.41) is 6.13. The van der Waals surface area contributed by atoms with Crippen LogP contribution in [-0.4, -0.2) is 26.0 Å². The van der Waals surface area contributed by atoms with Gasteiger partial charge in [0.25, 0.3) is 11.8 Å². The smallest absolute Gasteiger partial charge is 0.259 e. The third-order valence-electron chi connectivity index (χ3n) is 4.18. The van der Waals surface area contributed by atoms with Gasteiger partial charge in [0.1, 0.15) is 11.5 Å². The van der Waals surface area contributed by atoms with Crippen LogP contribution < -0.4 is 20.1 Å². The Morgan fingerprint density at radius 1 is 0.793 bits per heavy atom. The molecule has 148 valence electrons. The van der Waals surface area contributed by atoms with Crippen LogP contribution in [0.5, 0.6) is 11.5 Å². The van der Waals surface area contributed by atoms with Gasteiger partial charge in [0.2, 0.25) is 0 Å². The Bertz CT molecular complexity index is 1040. The molecule has 0 atom stereocenters. The van der Waals surface area contributed by atoms with Crippen molar-refractivity contribution < 1.29 is 19.1 Å². The predicted molar refractivity (Wildman–Crippen MR) is 113 cm³/mol. The number of carbonyl (C=O) groups excluding carboxylic acids is 2. The van der Waals surface area contributed by atoms with Crippen LogP contribution in [0.2, 0.25) is 5.02 Å². The quantitative estimate of drug-likeness (QED) is 0.608. The zero-order valence-corrected chi connectivity index (χ0v) is 16.6. The lowest BCUT2D eigenvalue weighted by atomic mass is 10.1. The van der Waals surface area contributed by atoms with E-state index < -0.39 is 5.91 Å². The molecule has 0 saturated carbocycles. The van der Waals surface area contributed by atoms with Gasteiger partial charge in [-0.2, -0.15) is 0 Å². The van der Waals surface area contributed by atoms with Gasteiger partial charge in [-0.25, -0.2) is 0 Å². The number of ether oxygens (including phenoxy) is 2. The maximum absolute atomic E-state index is 12.8. The highest BCUT2D eigenvalue weighted by Gasteiger charge is 2.17. The number of hydrogen-bond acceptors (Lipinski definition) is 4. The van der Waals surface area contributed by atoms with E-state index in [1.54, 1.807) is 66.7 Å². The normalized spacial score (nSPS) is 10.2. The van der Waals surface area contributed by atoms with E-state index in [9.17, 15) is 9.59 Å². The molecule has 0 aliphatic carbocycles. The van der Waals surface area contributed by atoms with Crippen molar-refractivity contribution in [1.29, 1.82) is 0 Å². The van der Waals surface area contributed by atoms with E-state index in [4.69, 9.17) is 21.1 Å². The molecule has 0 fully saturated rings. The van der Waals surface area contributed by atoms with Crippen molar-refractivity contribution in [2.24, 2.45) is 0 Å². The molecule has 0 radical (unpaired) electrons. The zero-order chi connectivity index (χ0) is 20.8. The average Bonchev–Trinajstić information content (AvgIpc) is 2.75. The number of amides is 2. The van der Waals surface area contributed by atoms with Crippen molar-refractivity contribution in [2.75, 3.05) is 24.9 Å². The highest BCUT2D eigenvalue weighted by Crippen LogP contribution is 2.26. The number of halogens is 1. The zero-order valence-electron chi connectivity index (χ0n) is 15.9. The molecule has 6 nitrogen and oxygen atoms in total. The van der Waals surface area contributed by atoms with Crippen LogP contribution in [0.1, 0.15) is 20.7 Å². The van der Waals surface area contributed by atoms with Crippen LogP contribution in [0.3, 0.4) is 0 Å². The van der Waals surface area contributed by atoms with Gasteiger partial charge in [0.05, 0.1) is 31.0 Å². The SMILES string of the molecule is COc1ccc(C(=O)Nc2ccccc2C(=O)Nc2ccc(Cl)cc2)c(OC)c1. The minimum absolute atomic E-state index is 0.321. The highest BCUT2D eigenvalue weighted by atomic mass is 35.5. The maximum Gasteiger partial charge on any atom is 0.259 e. The molecule has 0 bridgehead atoms. The molecule has 3 rings (SSSR count). The molecule has 0 spiro atoms. The van der Waals surface area contributed by atoms with Crippen molar-refractivity contribution in [1.82, 2.24) is 0 Å². The van der Waals surface area contributed by atoms with E-state index in [1.807, 2.05) is 0 Å². The van der Waals surface area contributed by atoms with E-state index in [2.05, 4.69) is 10.6 Å². The van der Waals surface area contributed by atoms with E-state index in [-0.39, 0.29) is 5.91 Å². The molecule has 3 aromatic carbocycles. The predicted octanol–water partition coefficient (Wildman–Crippen LogP) is 4.86. The molecule has 29 heavy (non-hydrogen) atoms. The van der Waals surface area contributed by atoms with E-state index in [0.29, 0.717) is 39.0 Å². The third-order valence-corrected chi connectivity index (χ3v) is 4.43. The maximum atomic E-state index is 12.8. The van der Waals surface area contributed by atoms with Gasteiger partial charge >= 0.3 is 0 Å². The molecule has 2 N–H and O–H groups in total. The number of methoxy groups -OCH3 is 2. The molecule has 2 amide bonds. The van der Waals surface area contributed by atoms with Crippen LogP contribution in [0.15, 0.2) is 66.7 Å². The van der Waals surface area contributed by atoms with Crippen molar-refractivity contribution in [3.05, 3.63) is 82.9 Å². The topological polar surface area (TPSA) is 76.7 Å². The molecule has 0 unspecified atom stereocenters. The van der Waals surface area contributed by atoms with Crippen molar-refractivity contribution in [3.8, 4) is 11.5 Å². The van der Waals surface area contributed by atoms with E-state index in [1.165, 1.54) is 14.2 Å². The van der Waals surface area contributed by atoms with Crippen molar-refractivity contribution in [3.63, 3.8) is 0 Å². The average molecular weight is 411 g/mol. The minimum Gasteiger partial charge on any atom is -0.497 e. The lowest BCUT2D eigenvalue weighted by molar-refractivity contribution is 0.102. The van der Waals surface area contributed by atoms with Gasteiger partial charge in [-0.15, -0.1) is 0 Å². The number of nitrogens with one attached hydrogen (secondary N) is 2. The number of hydrogen-bond donors (Lipinski definition) is 2. The van der Waals surface area contributed by atoms with Gasteiger partial charge in [-0.1, -0.05) is 23.7 Å². The number of para-hydroxylation sites is 1. The van der Waals surface area contributed by atoms with Crippen molar-refractivity contribution in [2.45, 2.75) is 0 Å². The van der Waals surface area contributed by atoms with Crippen molar-refractivity contribution >= 4 is 34.8 Å². The molecular weight excluding hydrogens is 392 g/mol. The number of carbonyl (C=O) groups is 2. The monoisotopic (exact) mass is 410 g/mol. The second kappa shape index (κ2) is 9.12. The fourth-order valence-corrected chi connectivity index (χ4v) is 2.82. The van der Waals surface area contributed by atoms with Crippen LogP contribution in [0, 0.1) is 0 Å². The summed E-state index contributed by atoms with van der Waals surface area (Å²) in [4.78, 5) is 25.5. The van der Waals surface area contributed by atoms with Crippen LogP contribution in [0.4, 0.5) is 11.4 Å². The van der Waals surface area contributed by atoms with Crippen LogP contribution in [0.25, 0.3) is 0 Å². The Kier molecular flexibility index (Phi) is 6.36. The Morgan fingerprint density at radius 2 is 1.48 bits per heavy atom. The Balaban J connectivity index is 1.82. The van der Waals surface area contributed by atoms with Gasteiger partial charge in [-0.05, 0) is 48.5 Å². The first kappa shape index (κ1) is 20.2. The molecule has 0 heterocycles. The first-order valence-electron chi connectivity index (χ1n) is 8.71. The molecule has 0 saturated heterocycles. The fourth-order valence-electron chi connectivity index (χ4n) is 2.70. The molecular formula is C22H19ClN2O4. The molecule has 0 aromatic heterocycles. The molecule has 0 aliphatic rings. The van der Waals surface area contributed by atoms with Gasteiger partial charge < -0.3 is 20.1 Å². The Labute approximate surface area is 173 Å². The largest absolute Gasteiger partial charge is 0.497 e. The standard InChI is InChI=1S/C22H19ClN2O4/c1-28-16-11-12-18(20(13-16)29-2)22(27)25-19-6-4-3-5-17(19)21(26)24-15-9-7-14(23)8-10-15/h3-13H,1-2H3,(H,24,26)(H,25,27). The minimum atomic E-state index is -0.406. The van der Waals surface area contributed by atoms with E-state index in [0.717, 1.165) is 0 Å². The fraction of sp³-hybridized carbons (Fsp3) is 0.0909. The summed E-state index contributed by atoms with van der Waals surface area (Å²) in [6, 6.07) is 18.4. The van der Waals surface area contributed by atoms with E-state index >= 15 is 0 Å². The molecule has 0 aliphatic heterocycles. The van der Waals surface area contributed by atoms with Crippen LogP contribution >= 0.6 is 11.6 Å². The third kappa shape index (κ3) is 4.86. The number of rotatable bonds is 6. The van der Waals surface area contributed by atoms with Gasteiger partial charge in [-0.3, -0.25) is 9.59 Å². The first-order chi connectivity index (χ1) is 14.0. The lowest BCUT2D eigenvalue weighted by Crippen LogP contribution is -2.18. The molecule has 7 heteroatoms. The molecule has 3 aromatic rings. The summed E-state index contributed by atoms with van der Waals surface area (Å²) in [5.74, 6) is 0.173. The summed E-state index contributed by atoms with van der Waals surface area (Å²) in [5.41, 5.74) is 1.61. The summed E-state index contributed by atoms with van der Waals surface area (Å²) in [7, 11) is 3.00. The first-order valence-corrected chi connectivity index (χ1v) is 9.09. The second-order valence-corrected chi connectivity index (χ2v) is 6.46. The summed E-state index contributed by atoms with van der Waals surface area (Å²) >= 11 is 5.87. The number of anilines is 2.